The Morgan fingerprint density at radius 3 is 2.38 bits per heavy atom. The zero-order chi connectivity index (χ0) is 15.6. The van der Waals surface area contributed by atoms with E-state index < -0.39 is 23.4 Å². The van der Waals surface area contributed by atoms with Gasteiger partial charge in [0.25, 0.3) is 0 Å². The first-order valence-electron chi connectivity index (χ1n) is 6.10. The maximum Gasteiger partial charge on any atom is 0.416 e. The minimum absolute atomic E-state index is 0.0222. The molecule has 0 fully saturated rings. The zero-order valence-electron chi connectivity index (χ0n) is 10.9. The lowest BCUT2D eigenvalue weighted by Crippen LogP contribution is -2.09. The number of benzene rings is 1. The van der Waals surface area contributed by atoms with E-state index in [1.807, 2.05) is 0 Å². The summed E-state index contributed by atoms with van der Waals surface area (Å²) in [6.07, 6.45) is -4.58. The van der Waals surface area contributed by atoms with Crippen molar-refractivity contribution in [2.75, 3.05) is 11.9 Å². The summed E-state index contributed by atoms with van der Waals surface area (Å²) < 4.78 is 65.2. The number of halogens is 5. The Balaban J connectivity index is 2.59. The SMILES string of the molecule is CCNc1cc(C(F)(F)F)cc(-c2ccc(F)cc2F)n1. The second-order valence-corrected chi connectivity index (χ2v) is 4.28. The van der Waals surface area contributed by atoms with Gasteiger partial charge in [0.1, 0.15) is 17.5 Å². The molecule has 1 heterocycles. The summed E-state index contributed by atoms with van der Waals surface area (Å²) in [7, 11) is 0. The van der Waals surface area contributed by atoms with Crippen molar-refractivity contribution in [3.63, 3.8) is 0 Å². The van der Waals surface area contributed by atoms with Gasteiger partial charge in [-0.15, -0.1) is 0 Å². The smallest absolute Gasteiger partial charge is 0.370 e. The molecule has 2 nitrogen and oxygen atoms in total. The van der Waals surface area contributed by atoms with Crippen molar-refractivity contribution in [3.8, 4) is 11.3 Å². The first kappa shape index (κ1) is 15.2. The maximum atomic E-state index is 13.7. The first-order valence-corrected chi connectivity index (χ1v) is 6.10. The lowest BCUT2D eigenvalue weighted by Gasteiger charge is -2.12. The Labute approximate surface area is 117 Å². The molecule has 0 spiro atoms. The zero-order valence-corrected chi connectivity index (χ0v) is 10.9. The van der Waals surface area contributed by atoms with Crippen molar-refractivity contribution in [2.45, 2.75) is 13.1 Å². The van der Waals surface area contributed by atoms with E-state index in [4.69, 9.17) is 0 Å². The van der Waals surface area contributed by atoms with Crippen molar-refractivity contribution in [1.82, 2.24) is 4.98 Å². The van der Waals surface area contributed by atoms with E-state index in [0.29, 0.717) is 12.6 Å². The number of nitrogens with zero attached hydrogens (tertiary/aromatic N) is 1. The Morgan fingerprint density at radius 1 is 1.10 bits per heavy atom. The van der Waals surface area contributed by atoms with E-state index in [1.54, 1.807) is 6.92 Å². The molecule has 2 rings (SSSR count). The summed E-state index contributed by atoms with van der Waals surface area (Å²) in [5, 5.41) is 2.65. The largest absolute Gasteiger partial charge is 0.416 e. The van der Waals surface area contributed by atoms with Gasteiger partial charge in [-0.25, -0.2) is 13.8 Å². The van der Waals surface area contributed by atoms with E-state index >= 15 is 0 Å². The highest BCUT2D eigenvalue weighted by atomic mass is 19.4. The first-order chi connectivity index (χ1) is 9.81. The van der Waals surface area contributed by atoms with Crippen molar-refractivity contribution in [1.29, 1.82) is 0 Å². The average Bonchev–Trinajstić information content (AvgIpc) is 2.37. The highest BCUT2D eigenvalue weighted by molar-refractivity contribution is 5.63. The van der Waals surface area contributed by atoms with E-state index in [2.05, 4.69) is 10.3 Å². The van der Waals surface area contributed by atoms with Gasteiger partial charge in [-0.3, -0.25) is 0 Å². The Morgan fingerprint density at radius 2 is 1.81 bits per heavy atom. The lowest BCUT2D eigenvalue weighted by molar-refractivity contribution is -0.137. The highest BCUT2D eigenvalue weighted by Gasteiger charge is 2.32. The van der Waals surface area contributed by atoms with Gasteiger partial charge < -0.3 is 5.32 Å². The molecule has 1 aromatic heterocycles. The molecule has 0 saturated heterocycles. The summed E-state index contributed by atoms with van der Waals surface area (Å²) in [6.45, 7) is 2.06. The van der Waals surface area contributed by atoms with E-state index in [9.17, 15) is 22.0 Å². The molecular weight excluding hydrogens is 291 g/mol. The minimum Gasteiger partial charge on any atom is -0.370 e. The van der Waals surface area contributed by atoms with Crippen LogP contribution in [-0.2, 0) is 6.18 Å². The second-order valence-electron chi connectivity index (χ2n) is 4.28. The predicted molar refractivity (Wildman–Crippen MR) is 68.8 cm³/mol. The summed E-state index contributed by atoms with van der Waals surface area (Å²) in [5.74, 6) is -1.80. The predicted octanol–water partition coefficient (Wildman–Crippen LogP) is 4.48. The van der Waals surface area contributed by atoms with Crippen LogP contribution in [0.4, 0.5) is 27.8 Å². The van der Waals surface area contributed by atoms with Crippen LogP contribution in [0.5, 0.6) is 0 Å². The third-order valence-corrected chi connectivity index (χ3v) is 2.72. The van der Waals surface area contributed by atoms with Gasteiger partial charge in [-0.2, -0.15) is 13.2 Å². The van der Waals surface area contributed by atoms with Crippen LogP contribution >= 0.6 is 0 Å². The van der Waals surface area contributed by atoms with E-state index in [-0.39, 0.29) is 17.1 Å². The van der Waals surface area contributed by atoms with Gasteiger partial charge in [-0.05, 0) is 31.2 Å². The normalized spacial score (nSPS) is 11.5. The fourth-order valence-corrected chi connectivity index (χ4v) is 1.80. The lowest BCUT2D eigenvalue weighted by atomic mass is 10.1. The molecule has 1 N–H and O–H groups in total. The molecule has 0 radical (unpaired) electrons. The van der Waals surface area contributed by atoms with Gasteiger partial charge in [0.05, 0.1) is 11.3 Å². The molecule has 0 bridgehead atoms. The number of hydrogen-bond acceptors (Lipinski definition) is 2. The quantitative estimate of drug-likeness (QED) is 0.846. The summed E-state index contributed by atoms with van der Waals surface area (Å²) in [5.41, 5.74) is -1.35. The summed E-state index contributed by atoms with van der Waals surface area (Å²) >= 11 is 0. The number of nitrogens with one attached hydrogen (secondary N) is 1. The number of anilines is 1. The monoisotopic (exact) mass is 302 g/mol. The summed E-state index contributed by atoms with van der Waals surface area (Å²) in [4.78, 5) is 3.92. The van der Waals surface area contributed by atoms with Gasteiger partial charge in [0.15, 0.2) is 0 Å². The van der Waals surface area contributed by atoms with Crippen LogP contribution < -0.4 is 5.32 Å². The van der Waals surface area contributed by atoms with E-state index in [0.717, 1.165) is 24.3 Å². The number of hydrogen-bond donors (Lipinski definition) is 1. The number of rotatable bonds is 3. The molecule has 7 heteroatoms. The van der Waals surface area contributed by atoms with Crippen molar-refractivity contribution in [3.05, 3.63) is 47.5 Å². The molecule has 0 aliphatic rings. The molecule has 21 heavy (non-hydrogen) atoms. The molecule has 112 valence electrons. The molecule has 0 aliphatic carbocycles. The van der Waals surface area contributed by atoms with Gasteiger partial charge in [0, 0.05) is 18.2 Å². The van der Waals surface area contributed by atoms with Crippen LogP contribution in [0.15, 0.2) is 30.3 Å². The van der Waals surface area contributed by atoms with Crippen LogP contribution in [0.2, 0.25) is 0 Å². The summed E-state index contributed by atoms with van der Waals surface area (Å²) in [6, 6.07) is 4.20. The fraction of sp³-hybridized carbons (Fsp3) is 0.214. The Bertz CT molecular complexity index is 652. The number of aromatic nitrogens is 1. The molecule has 0 atom stereocenters. The van der Waals surface area contributed by atoms with Crippen molar-refractivity contribution in [2.24, 2.45) is 0 Å². The number of alkyl halides is 3. The Hall–Kier alpha value is -2.18. The number of pyridine rings is 1. The van der Waals surface area contributed by atoms with Crippen LogP contribution in [0.3, 0.4) is 0 Å². The fourth-order valence-electron chi connectivity index (χ4n) is 1.80. The Kier molecular flexibility index (Phi) is 4.11. The molecule has 1 aromatic carbocycles. The third-order valence-electron chi connectivity index (χ3n) is 2.72. The maximum absolute atomic E-state index is 13.7. The molecule has 0 amide bonds. The van der Waals surface area contributed by atoms with Gasteiger partial charge in [-0.1, -0.05) is 0 Å². The van der Waals surface area contributed by atoms with Crippen LogP contribution in [0.1, 0.15) is 12.5 Å². The molecule has 0 aliphatic heterocycles. The van der Waals surface area contributed by atoms with Crippen molar-refractivity contribution < 1.29 is 22.0 Å². The second kappa shape index (κ2) is 5.67. The van der Waals surface area contributed by atoms with Crippen LogP contribution in [0.25, 0.3) is 11.3 Å². The third kappa shape index (κ3) is 3.48. The molecule has 0 unspecified atom stereocenters. The minimum atomic E-state index is -4.58. The van der Waals surface area contributed by atoms with Gasteiger partial charge in [0.2, 0.25) is 0 Å². The molecular formula is C14H11F5N2. The van der Waals surface area contributed by atoms with Gasteiger partial charge >= 0.3 is 6.18 Å². The molecule has 0 saturated carbocycles. The topological polar surface area (TPSA) is 24.9 Å². The van der Waals surface area contributed by atoms with Crippen LogP contribution in [0, 0.1) is 11.6 Å². The molecule has 2 aromatic rings. The van der Waals surface area contributed by atoms with E-state index in [1.165, 1.54) is 0 Å². The standard InChI is InChI=1S/C14H11F5N2/c1-2-20-13-6-8(14(17,18)19)5-12(21-13)10-4-3-9(15)7-11(10)16/h3-7H,2H2,1H3,(H,20,21). The van der Waals surface area contributed by atoms with Crippen LogP contribution in [-0.4, -0.2) is 11.5 Å². The average molecular weight is 302 g/mol. The van der Waals surface area contributed by atoms with Crippen molar-refractivity contribution >= 4 is 5.82 Å². The highest BCUT2D eigenvalue weighted by Crippen LogP contribution is 2.34.